The van der Waals surface area contributed by atoms with Crippen LogP contribution in [0.2, 0.25) is 0 Å². The molecule has 0 aliphatic carbocycles. The van der Waals surface area contributed by atoms with Gasteiger partial charge in [0.25, 0.3) is 0 Å². The summed E-state index contributed by atoms with van der Waals surface area (Å²) in [5.74, 6) is 6.97. The Balaban J connectivity index is 2.09. The molecule has 7 heteroatoms. The van der Waals surface area contributed by atoms with Crippen molar-refractivity contribution in [1.82, 2.24) is 15.2 Å². The predicted molar refractivity (Wildman–Crippen MR) is 93.2 cm³/mol. The van der Waals surface area contributed by atoms with E-state index in [1.165, 1.54) is 5.69 Å². The smallest absolute Gasteiger partial charge is 0.0738 e. The van der Waals surface area contributed by atoms with Crippen molar-refractivity contribution >= 4 is 39.5 Å². The summed E-state index contributed by atoms with van der Waals surface area (Å²) < 4.78 is 3.06. The zero-order valence-electron chi connectivity index (χ0n) is 12.4. The first-order valence-electron chi connectivity index (χ1n) is 6.85. The summed E-state index contributed by atoms with van der Waals surface area (Å²) in [6.07, 6.45) is 0.897. The lowest BCUT2D eigenvalue weighted by atomic mass is 10.1. The molecule has 0 spiro atoms. The molecule has 1 fully saturated rings. The first kappa shape index (κ1) is 16.7. The maximum atomic E-state index is 5.82. The van der Waals surface area contributed by atoms with E-state index in [0.717, 1.165) is 27.6 Å². The number of rotatable bonds is 4. The monoisotopic (exact) mass is 378 g/mol. The number of halogens is 1. The topological polar surface area (TPSA) is 55.9 Å². The molecular formula is C13H23BrN4S2. The van der Waals surface area contributed by atoms with Gasteiger partial charge < -0.3 is 0 Å². The molecule has 4 nitrogen and oxygen atoms in total. The summed E-state index contributed by atoms with van der Waals surface area (Å²) >= 11 is 7.75. The van der Waals surface area contributed by atoms with E-state index in [1.807, 2.05) is 18.7 Å². The standard InChI is InChI=1S/C13H23BrN4S2/c1-7-13(14)11(18(4)17-7)5-10(16-15)12-6-19-8(2)9(3)20-12/h8-10,12,16H,5-6,15H2,1-4H3. The molecule has 0 saturated carbocycles. The molecule has 1 aromatic rings. The van der Waals surface area contributed by atoms with Crippen LogP contribution in [-0.2, 0) is 13.5 Å². The second-order valence-electron chi connectivity index (χ2n) is 5.37. The minimum atomic E-state index is 0.272. The van der Waals surface area contributed by atoms with Gasteiger partial charge in [0.15, 0.2) is 0 Å². The fraction of sp³-hybridized carbons (Fsp3) is 0.769. The molecule has 0 radical (unpaired) electrons. The molecule has 20 heavy (non-hydrogen) atoms. The molecular weight excluding hydrogens is 356 g/mol. The fourth-order valence-corrected chi connectivity index (χ4v) is 6.04. The third-order valence-electron chi connectivity index (χ3n) is 3.91. The van der Waals surface area contributed by atoms with E-state index in [0.29, 0.717) is 10.5 Å². The van der Waals surface area contributed by atoms with Crippen molar-refractivity contribution in [1.29, 1.82) is 0 Å². The van der Waals surface area contributed by atoms with Crippen LogP contribution in [0.4, 0.5) is 0 Å². The highest BCUT2D eigenvalue weighted by Crippen LogP contribution is 2.37. The zero-order valence-corrected chi connectivity index (χ0v) is 15.6. The maximum absolute atomic E-state index is 5.82. The molecule has 4 atom stereocenters. The molecule has 1 aliphatic heterocycles. The minimum Gasteiger partial charge on any atom is -0.271 e. The Hall–Kier alpha value is 0.310. The molecule has 1 saturated heterocycles. The van der Waals surface area contributed by atoms with Crippen LogP contribution < -0.4 is 11.3 Å². The van der Waals surface area contributed by atoms with Gasteiger partial charge in [-0.1, -0.05) is 13.8 Å². The van der Waals surface area contributed by atoms with Crippen molar-refractivity contribution in [3.05, 3.63) is 15.9 Å². The summed E-state index contributed by atoms with van der Waals surface area (Å²) in [5, 5.41) is 6.39. The average Bonchev–Trinajstić information content (AvgIpc) is 2.65. The number of nitrogens with one attached hydrogen (secondary N) is 1. The van der Waals surface area contributed by atoms with Gasteiger partial charge in [0.1, 0.15) is 0 Å². The number of aromatic nitrogens is 2. The second kappa shape index (κ2) is 7.05. The first-order chi connectivity index (χ1) is 9.43. The van der Waals surface area contributed by atoms with Gasteiger partial charge in [0.2, 0.25) is 0 Å². The van der Waals surface area contributed by atoms with Crippen LogP contribution in [0.3, 0.4) is 0 Å². The highest BCUT2D eigenvalue weighted by atomic mass is 79.9. The number of nitrogens with two attached hydrogens (primary N) is 1. The molecule has 1 aliphatic rings. The van der Waals surface area contributed by atoms with Crippen molar-refractivity contribution < 1.29 is 0 Å². The Labute approximate surface area is 138 Å². The molecule has 1 aromatic heterocycles. The van der Waals surface area contributed by atoms with E-state index in [4.69, 9.17) is 5.84 Å². The number of aryl methyl sites for hydroxylation is 2. The highest BCUT2D eigenvalue weighted by molar-refractivity contribution is 9.10. The molecule has 0 bridgehead atoms. The Morgan fingerprint density at radius 3 is 2.70 bits per heavy atom. The summed E-state index contributed by atoms with van der Waals surface area (Å²) in [5.41, 5.74) is 5.27. The molecule has 0 aromatic carbocycles. The molecule has 3 N–H and O–H groups in total. The number of nitrogens with zero attached hydrogens (tertiary/aromatic N) is 2. The third kappa shape index (κ3) is 3.55. The Morgan fingerprint density at radius 1 is 1.50 bits per heavy atom. The van der Waals surface area contributed by atoms with Gasteiger partial charge in [-0.2, -0.15) is 28.6 Å². The van der Waals surface area contributed by atoms with Crippen LogP contribution in [0, 0.1) is 6.92 Å². The second-order valence-corrected chi connectivity index (χ2v) is 9.19. The van der Waals surface area contributed by atoms with E-state index in [9.17, 15) is 0 Å². The largest absolute Gasteiger partial charge is 0.271 e. The van der Waals surface area contributed by atoms with Crippen molar-refractivity contribution in [2.45, 2.75) is 49.0 Å². The van der Waals surface area contributed by atoms with Crippen molar-refractivity contribution in [2.75, 3.05) is 5.75 Å². The Morgan fingerprint density at radius 2 is 2.20 bits per heavy atom. The molecule has 4 unspecified atom stereocenters. The van der Waals surface area contributed by atoms with Gasteiger partial charge >= 0.3 is 0 Å². The van der Waals surface area contributed by atoms with Gasteiger partial charge in [-0.05, 0) is 22.9 Å². The predicted octanol–water partition coefficient (Wildman–Crippen LogP) is 2.49. The van der Waals surface area contributed by atoms with Crippen LogP contribution >= 0.6 is 39.5 Å². The molecule has 2 rings (SSSR count). The zero-order chi connectivity index (χ0) is 14.9. The molecule has 2 heterocycles. The van der Waals surface area contributed by atoms with Crippen LogP contribution in [-0.4, -0.2) is 37.3 Å². The lowest BCUT2D eigenvalue weighted by molar-refractivity contribution is 0.503. The van der Waals surface area contributed by atoms with E-state index in [2.05, 4.69) is 63.8 Å². The molecule has 114 valence electrons. The van der Waals surface area contributed by atoms with Crippen LogP contribution in [0.15, 0.2) is 4.47 Å². The third-order valence-corrected chi connectivity index (χ3v) is 8.49. The summed E-state index contributed by atoms with van der Waals surface area (Å²) in [4.78, 5) is 0. The normalized spacial score (nSPS) is 28.6. The summed E-state index contributed by atoms with van der Waals surface area (Å²) in [7, 11) is 1.99. The van der Waals surface area contributed by atoms with Crippen molar-refractivity contribution in [3.63, 3.8) is 0 Å². The number of hydrazine groups is 1. The average molecular weight is 379 g/mol. The highest BCUT2D eigenvalue weighted by Gasteiger charge is 2.31. The van der Waals surface area contributed by atoms with Crippen LogP contribution in [0.5, 0.6) is 0 Å². The van der Waals surface area contributed by atoms with E-state index in [-0.39, 0.29) is 6.04 Å². The summed E-state index contributed by atoms with van der Waals surface area (Å²) in [6, 6.07) is 0.272. The number of thioether (sulfide) groups is 2. The number of hydrogen-bond donors (Lipinski definition) is 2. The minimum absolute atomic E-state index is 0.272. The van der Waals surface area contributed by atoms with Gasteiger partial charge in [-0.15, -0.1) is 0 Å². The lowest BCUT2D eigenvalue weighted by Gasteiger charge is -2.35. The first-order valence-corrected chi connectivity index (χ1v) is 9.63. The van der Waals surface area contributed by atoms with Gasteiger partial charge in [0, 0.05) is 41.0 Å². The Kier molecular flexibility index (Phi) is 5.88. The van der Waals surface area contributed by atoms with Crippen molar-refractivity contribution in [2.24, 2.45) is 12.9 Å². The van der Waals surface area contributed by atoms with E-state index in [1.54, 1.807) is 0 Å². The van der Waals surface area contributed by atoms with Crippen molar-refractivity contribution in [3.8, 4) is 0 Å². The fourth-order valence-electron chi connectivity index (χ4n) is 2.43. The lowest BCUT2D eigenvalue weighted by Crippen LogP contribution is -2.48. The van der Waals surface area contributed by atoms with Gasteiger partial charge in [0.05, 0.1) is 15.9 Å². The Bertz CT molecular complexity index is 465. The maximum Gasteiger partial charge on any atom is 0.0738 e. The van der Waals surface area contributed by atoms with Gasteiger partial charge in [-0.25, -0.2) is 0 Å². The van der Waals surface area contributed by atoms with E-state index >= 15 is 0 Å². The quantitative estimate of drug-likeness (QED) is 0.622. The van der Waals surface area contributed by atoms with Crippen LogP contribution in [0.1, 0.15) is 25.2 Å². The summed E-state index contributed by atoms with van der Waals surface area (Å²) in [6.45, 7) is 6.64. The van der Waals surface area contributed by atoms with Gasteiger partial charge in [-0.3, -0.25) is 16.0 Å². The number of hydrogen-bond acceptors (Lipinski definition) is 5. The SMILES string of the molecule is Cc1nn(C)c(CC(NN)C2CSC(C)C(C)S2)c1Br. The molecule has 0 amide bonds. The van der Waals surface area contributed by atoms with Crippen LogP contribution in [0.25, 0.3) is 0 Å². The van der Waals surface area contributed by atoms with E-state index < -0.39 is 0 Å².